The van der Waals surface area contributed by atoms with E-state index in [1.54, 1.807) is 17.4 Å². The van der Waals surface area contributed by atoms with Crippen molar-refractivity contribution in [1.82, 2.24) is 5.32 Å². The molecule has 0 unspecified atom stereocenters. The van der Waals surface area contributed by atoms with Crippen molar-refractivity contribution in [2.24, 2.45) is 0 Å². The standard InChI is InChI=1S/C16H19NO3S/c1-11-10-13(12(2)20-11)15(18)17-16(5-7-19-8-6-16)14-4-3-9-21-14/h3-4,9-10H,5-8H2,1-2H3,(H,17,18). The van der Waals surface area contributed by atoms with Crippen molar-refractivity contribution in [2.75, 3.05) is 13.2 Å². The van der Waals surface area contributed by atoms with Gasteiger partial charge in [0.15, 0.2) is 0 Å². The van der Waals surface area contributed by atoms with Crippen molar-refractivity contribution in [1.29, 1.82) is 0 Å². The lowest BCUT2D eigenvalue weighted by Gasteiger charge is -2.37. The topological polar surface area (TPSA) is 51.5 Å². The van der Waals surface area contributed by atoms with Gasteiger partial charge in [0.2, 0.25) is 0 Å². The molecule has 0 bridgehead atoms. The molecule has 3 rings (SSSR count). The largest absolute Gasteiger partial charge is 0.466 e. The van der Waals surface area contributed by atoms with Crippen LogP contribution >= 0.6 is 11.3 Å². The molecule has 0 radical (unpaired) electrons. The number of carbonyl (C=O) groups is 1. The number of furan rings is 1. The maximum absolute atomic E-state index is 12.6. The van der Waals surface area contributed by atoms with Crippen LogP contribution in [0.15, 0.2) is 28.0 Å². The Morgan fingerprint density at radius 1 is 1.33 bits per heavy atom. The van der Waals surface area contributed by atoms with Crippen LogP contribution in [0.3, 0.4) is 0 Å². The van der Waals surface area contributed by atoms with Crippen LogP contribution in [0, 0.1) is 13.8 Å². The van der Waals surface area contributed by atoms with Gasteiger partial charge in [0.25, 0.3) is 5.91 Å². The second kappa shape index (κ2) is 5.66. The Labute approximate surface area is 128 Å². The fourth-order valence-corrected chi connectivity index (χ4v) is 3.79. The molecule has 1 fully saturated rings. The molecule has 21 heavy (non-hydrogen) atoms. The van der Waals surface area contributed by atoms with E-state index in [1.807, 2.05) is 25.3 Å². The van der Waals surface area contributed by atoms with Crippen molar-refractivity contribution in [2.45, 2.75) is 32.2 Å². The van der Waals surface area contributed by atoms with Gasteiger partial charge >= 0.3 is 0 Å². The summed E-state index contributed by atoms with van der Waals surface area (Å²) in [6.45, 7) is 5.01. The van der Waals surface area contributed by atoms with Crippen molar-refractivity contribution in [3.8, 4) is 0 Å². The third-order valence-electron chi connectivity index (χ3n) is 3.98. The minimum Gasteiger partial charge on any atom is -0.466 e. The molecule has 5 heteroatoms. The van der Waals surface area contributed by atoms with E-state index >= 15 is 0 Å². The van der Waals surface area contributed by atoms with Crippen LogP contribution < -0.4 is 5.32 Å². The van der Waals surface area contributed by atoms with E-state index in [4.69, 9.17) is 9.15 Å². The third-order valence-corrected chi connectivity index (χ3v) is 5.05. The number of nitrogens with one attached hydrogen (secondary N) is 1. The van der Waals surface area contributed by atoms with Crippen LogP contribution in [-0.4, -0.2) is 19.1 Å². The molecule has 3 heterocycles. The number of ether oxygens (including phenoxy) is 1. The van der Waals surface area contributed by atoms with Gasteiger partial charge in [-0.25, -0.2) is 0 Å². The molecule has 2 aromatic heterocycles. The van der Waals surface area contributed by atoms with Crippen molar-refractivity contribution in [3.63, 3.8) is 0 Å². The van der Waals surface area contributed by atoms with E-state index in [0.717, 1.165) is 18.6 Å². The van der Waals surface area contributed by atoms with Crippen LogP contribution in [0.1, 0.15) is 39.6 Å². The third kappa shape index (κ3) is 2.76. The SMILES string of the molecule is Cc1cc(C(=O)NC2(c3cccs3)CCOCC2)c(C)o1. The summed E-state index contributed by atoms with van der Waals surface area (Å²) >= 11 is 1.68. The van der Waals surface area contributed by atoms with Crippen LogP contribution in [0.4, 0.5) is 0 Å². The number of rotatable bonds is 3. The highest BCUT2D eigenvalue weighted by atomic mass is 32.1. The van der Waals surface area contributed by atoms with E-state index in [9.17, 15) is 4.79 Å². The number of hydrogen-bond acceptors (Lipinski definition) is 4. The highest BCUT2D eigenvalue weighted by molar-refractivity contribution is 7.10. The van der Waals surface area contributed by atoms with Gasteiger partial charge in [-0.3, -0.25) is 4.79 Å². The normalized spacial score (nSPS) is 17.6. The molecule has 4 nitrogen and oxygen atoms in total. The molecular formula is C16H19NO3S. The molecule has 1 N–H and O–H groups in total. The average molecular weight is 305 g/mol. The number of thiophene rings is 1. The van der Waals surface area contributed by atoms with E-state index in [2.05, 4.69) is 11.4 Å². The smallest absolute Gasteiger partial charge is 0.255 e. The molecular weight excluding hydrogens is 286 g/mol. The first-order valence-corrected chi connectivity index (χ1v) is 8.00. The molecule has 2 aromatic rings. The monoisotopic (exact) mass is 305 g/mol. The first kappa shape index (κ1) is 14.4. The average Bonchev–Trinajstić information content (AvgIpc) is 3.09. The van der Waals surface area contributed by atoms with Gasteiger partial charge in [-0.2, -0.15) is 0 Å². The highest BCUT2D eigenvalue weighted by Crippen LogP contribution is 2.35. The minimum atomic E-state index is -0.318. The maximum Gasteiger partial charge on any atom is 0.255 e. The molecule has 0 atom stereocenters. The summed E-state index contributed by atoms with van der Waals surface area (Å²) in [5.74, 6) is 1.35. The molecule has 0 saturated carbocycles. The van der Waals surface area contributed by atoms with E-state index in [-0.39, 0.29) is 11.4 Å². The van der Waals surface area contributed by atoms with E-state index in [0.29, 0.717) is 24.5 Å². The lowest BCUT2D eigenvalue weighted by atomic mass is 9.88. The Balaban J connectivity index is 1.88. The first-order valence-electron chi connectivity index (χ1n) is 7.12. The summed E-state index contributed by atoms with van der Waals surface area (Å²) in [6, 6.07) is 5.91. The fourth-order valence-electron chi connectivity index (χ4n) is 2.84. The Hall–Kier alpha value is -1.59. The van der Waals surface area contributed by atoms with Gasteiger partial charge in [0.1, 0.15) is 11.5 Å². The Morgan fingerprint density at radius 2 is 2.10 bits per heavy atom. The maximum atomic E-state index is 12.6. The number of aryl methyl sites for hydroxylation is 2. The van der Waals surface area contributed by atoms with Crippen LogP contribution in [-0.2, 0) is 10.3 Å². The molecule has 1 aliphatic rings. The molecule has 1 aliphatic heterocycles. The molecule has 1 saturated heterocycles. The van der Waals surface area contributed by atoms with Gasteiger partial charge < -0.3 is 14.5 Å². The van der Waals surface area contributed by atoms with Gasteiger partial charge in [-0.05, 0) is 44.2 Å². The highest BCUT2D eigenvalue weighted by Gasteiger charge is 2.37. The molecule has 0 spiro atoms. The minimum absolute atomic E-state index is 0.0698. The zero-order valence-electron chi connectivity index (χ0n) is 12.3. The van der Waals surface area contributed by atoms with E-state index in [1.165, 1.54) is 4.88 Å². The van der Waals surface area contributed by atoms with Gasteiger partial charge in [-0.15, -0.1) is 11.3 Å². The molecule has 0 aromatic carbocycles. The quantitative estimate of drug-likeness (QED) is 0.945. The van der Waals surface area contributed by atoms with Crippen LogP contribution in [0.2, 0.25) is 0 Å². The molecule has 0 aliphatic carbocycles. The number of amides is 1. The zero-order valence-corrected chi connectivity index (χ0v) is 13.1. The lowest BCUT2D eigenvalue weighted by molar-refractivity contribution is 0.0357. The van der Waals surface area contributed by atoms with Crippen molar-refractivity contribution < 1.29 is 13.9 Å². The number of carbonyl (C=O) groups excluding carboxylic acids is 1. The summed E-state index contributed by atoms with van der Waals surface area (Å²) in [6.07, 6.45) is 1.60. The van der Waals surface area contributed by atoms with Gasteiger partial charge in [0, 0.05) is 18.1 Å². The summed E-state index contributed by atoms with van der Waals surface area (Å²) in [4.78, 5) is 13.8. The predicted molar refractivity (Wildman–Crippen MR) is 81.7 cm³/mol. The summed E-state index contributed by atoms with van der Waals surface area (Å²) in [7, 11) is 0. The summed E-state index contributed by atoms with van der Waals surface area (Å²) in [5, 5.41) is 5.28. The van der Waals surface area contributed by atoms with Crippen LogP contribution in [0.25, 0.3) is 0 Å². The van der Waals surface area contributed by atoms with E-state index < -0.39 is 0 Å². The van der Waals surface area contributed by atoms with Gasteiger partial charge in [-0.1, -0.05) is 6.07 Å². The Bertz CT molecular complexity index is 624. The molecule has 112 valence electrons. The fraction of sp³-hybridized carbons (Fsp3) is 0.438. The second-order valence-electron chi connectivity index (χ2n) is 5.45. The Kier molecular flexibility index (Phi) is 3.87. The number of hydrogen-bond donors (Lipinski definition) is 1. The zero-order chi connectivity index (χ0) is 14.9. The van der Waals surface area contributed by atoms with Crippen molar-refractivity contribution in [3.05, 3.63) is 45.5 Å². The predicted octanol–water partition coefficient (Wildman–Crippen LogP) is 3.39. The Morgan fingerprint density at radius 3 is 2.67 bits per heavy atom. The molecule has 1 amide bonds. The first-order chi connectivity index (χ1) is 10.1. The summed E-state index contributed by atoms with van der Waals surface area (Å²) in [5.41, 5.74) is 0.302. The lowest BCUT2D eigenvalue weighted by Crippen LogP contribution is -2.49. The van der Waals surface area contributed by atoms with Gasteiger partial charge in [0.05, 0.1) is 11.1 Å². The summed E-state index contributed by atoms with van der Waals surface area (Å²) < 4.78 is 10.9. The second-order valence-corrected chi connectivity index (χ2v) is 6.40. The van der Waals surface area contributed by atoms with Crippen LogP contribution in [0.5, 0.6) is 0 Å². The van der Waals surface area contributed by atoms with Crippen molar-refractivity contribution >= 4 is 17.2 Å².